The van der Waals surface area contributed by atoms with Crippen molar-refractivity contribution in [3.05, 3.63) is 36.5 Å². The molecule has 0 aromatic carbocycles. The fourth-order valence-corrected chi connectivity index (χ4v) is 1.90. The Kier molecular flexibility index (Phi) is 23.4. The Hall–Kier alpha value is -1.39. The van der Waals surface area contributed by atoms with Crippen LogP contribution in [0.15, 0.2) is 36.5 Å². The van der Waals surface area contributed by atoms with E-state index in [2.05, 4.69) is 43.4 Å². The molecular formula is C21H38O4. The van der Waals surface area contributed by atoms with Crippen molar-refractivity contribution in [1.29, 1.82) is 0 Å². The molecule has 0 aliphatic rings. The number of carboxylic acids is 1. The van der Waals surface area contributed by atoms with E-state index in [0.29, 0.717) is 6.42 Å². The molecule has 0 aliphatic carbocycles. The Morgan fingerprint density at radius 2 is 1.36 bits per heavy atom. The maximum absolute atomic E-state index is 10.3. The predicted molar refractivity (Wildman–Crippen MR) is 106 cm³/mol. The van der Waals surface area contributed by atoms with Crippen LogP contribution in [0.5, 0.6) is 0 Å². The van der Waals surface area contributed by atoms with Gasteiger partial charge in [0.2, 0.25) is 0 Å². The number of aliphatic hydroxyl groups is 2. The van der Waals surface area contributed by atoms with Crippen molar-refractivity contribution >= 4 is 5.97 Å². The van der Waals surface area contributed by atoms with Gasteiger partial charge in [0, 0.05) is 6.42 Å². The molecule has 0 spiro atoms. The SMILES string of the molecule is CC(O)CO.CC/C=C\C/C=C\C/C=C\CCCCCCCC(=O)O. The van der Waals surface area contributed by atoms with Gasteiger partial charge < -0.3 is 15.3 Å². The minimum absolute atomic E-state index is 0.139. The number of hydrogen-bond acceptors (Lipinski definition) is 3. The van der Waals surface area contributed by atoms with E-state index >= 15 is 0 Å². The van der Waals surface area contributed by atoms with Crippen molar-refractivity contribution in [2.45, 2.75) is 84.2 Å². The maximum atomic E-state index is 10.3. The molecule has 0 bridgehead atoms. The zero-order valence-corrected chi connectivity index (χ0v) is 16.1. The van der Waals surface area contributed by atoms with Crippen molar-refractivity contribution in [1.82, 2.24) is 0 Å². The molecule has 0 saturated carbocycles. The molecule has 25 heavy (non-hydrogen) atoms. The molecule has 4 heteroatoms. The Morgan fingerprint density at radius 3 is 1.88 bits per heavy atom. The summed E-state index contributed by atoms with van der Waals surface area (Å²) < 4.78 is 0. The Balaban J connectivity index is 0. The molecule has 0 saturated heterocycles. The minimum atomic E-state index is -0.675. The molecular weight excluding hydrogens is 316 g/mol. The van der Waals surface area contributed by atoms with E-state index in [9.17, 15) is 4.79 Å². The number of hydrogen-bond donors (Lipinski definition) is 3. The Morgan fingerprint density at radius 1 is 0.880 bits per heavy atom. The first-order valence-electron chi connectivity index (χ1n) is 9.50. The Labute approximate surface area is 154 Å². The monoisotopic (exact) mass is 354 g/mol. The molecule has 0 radical (unpaired) electrons. The van der Waals surface area contributed by atoms with Gasteiger partial charge in [0.25, 0.3) is 0 Å². The average Bonchev–Trinajstić information content (AvgIpc) is 2.58. The highest BCUT2D eigenvalue weighted by Crippen LogP contribution is 2.07. The highest BCUT2D eigenvalue weighted by Gasteiger charge is 1.95. The van der Waals surface area contributed by atoms with Crippen LogP contribution in [0.4, 0.5) is 0 Å². The molecule has 0 aliphatic heterocycles. The van der Waals surface area contributed by atoms with Gasteiger partial charge >= 0.3 is 5.97 Å². The van der Waals surface area contributed by atoms with Crippen LogP contribution in [0.1, 0.15) is 78.1 Å². The molecule has 4 nitrogen and oxygen atoms in total. The molecule has 146 valence electrons. The molecule has 1 unspecified atom stereocenters. The molecule has 0 heterocycles. The van der Waals surface area contributed by atoms with E-state index < -0.39 is 12.1 Å². The van der Waals surface area contributed by atoms with Gasteiger partial charge in [-0.1, -0.05) is 62.6 Å². The fourth-order valence-electron chi connectivity index (χ4n) is 1.90. The van der Waals surface area contributed by atoms with Crippen LogP contribution in [-0.2, 0) is 4.79 Å². The van der Waals surface area contributed by atoms with Crippen molar-refractivity contribution in [2.75, 3.05) is 6.61 Å². The standard InChI is InChI=1S/C18H30O2.C3H8O2/c1-2-3-4-5-6-7-8-9-10-11-12-13-14-15-16-17-18(19)20;1-3(5)2-4/h3-4,6-7,9-10H,2,5,8,11-17H2,1H3,(H,19,20);3-5H,2H2,1H3/b4-3-,7-6-,10-9-;. The predicted octanol–water partition coefficient (Wildman–Crippen LogP) is 5.02. The van der Waals surface area contributed by atoms with Gasteiger partial charge in [-0.15, -0.1) is 0 Å². The van der Waals surface area contributed by atoms with Crippen LogP contribution in [0, 0.1) is 0 Å². The fraction of sp³-hybridized carbons (Fsp3) is 0.667. The van der Waals surface area contributed by atoms with Crippen molar-refractivity contribution in [3.8, 4) is 0 Å². The summed E-state index contributed by atoms with van der Waals surface area (Å²) in [7, 11) is 0. The van der Waals surface area contributed by atoms with Gasteiger partial charge in [-0.05, 0) is 45.4 Å². The first-order valence-corrected chi connectivity index (χ1v) is 9.50. The number of rotatable bonds is 14. The average molecular weight is 355 g/mol. The summed E-state index contributed by atoms with van der Waals surface area (Å²) >= 11 is 0. The lowest BCUT2D eigenvalue weighted by molar-refractivity contribution is -0.137. The van der Waals surface area contributed by atoms with Gasteiger partial charge in [0.1, 0.15) is 0 Å². The second-order valence-corrected chi connectivity index (χ2v) is 6.03. The summed E-state index contributed by atoms with van der Waals surface area (Å²) in [5, 5.41) is 24.5. The van der Waals surface area contributed by atoms with Gasteiger partial charge in [-0.25, -0.2) is 0 Å². The highest BCUT2D eigenvalue weighted by atomic mass is 16.4. The number of aliphatic carboxylic acids is 1. The van der Waals surface area contributed by atoms with E-state index in [-0.39, 0.29) is 6.61 Å². The quantitative estimate of drug-likeness (QED) is 0.302. The van der Waals surface area contributed by atoms with Crippen molar-refractivity contribution < 1.29 is 20.1 Å². The highest BCUT2D eigenvalue weighted by molar-refractivity contribution is 5.66. The number of unbranched alkanes of at least 4 members (excludes halogenated alkanes) is 5. The number of carbonyl (C=O) groups is 1. The van der Waals surface area contributed by atoms with Crippen LogP contribution in [0.2, 0.25) is 0 Å². The van der Waals surface area contributed by atoms with Crippen molar-refractivity contribution in [3.63, 3.8) is 0 Å². The van der Waals surface area contributed by atoms with Gasteiger partial charge in [0.05, 0.1) is 12.7 Å². The first kappa shape index (κ1) is 25.8. The normalized spacial score (nSPS) is 12.6. The zero-order chi connectivity index (χ0) is 19.2. The third-order valence-electron chi connectivity index (χ3n) is 3.31. The zero-order valence-electron chi connectivity index (χ0n) is 16.1. The number of allylic oxidation sites excluding steroid dienone is 6. The summed E-state index contributed by atoms with van der Waals surface area (Å²) in [5.41, 5.74) is 0. The van der Waals surface area contributed by atoms with Gasteiger partial charge in [0.15, 0.2) is 0 Å². The smallest absolute Gasteiger partial charge is 0.303 e. The summed E-state index contributed by atoms with van der Waals surface area (Å²) in [6.45, 7) is 3.54. The lowest BCUT2D eigenvalue weighted by atomic mass is 10.1. The summed E-state index contributed by atoms with van der Waals surface area (Å²) in [4.78, 5) is 10.3. The topological polar surface area (TPSA) is 77.8 Å². The molecule has 3 N–H and O–H groups in total. The van der Waals surface area contributed by atoms with Crippen LogP contribution >= 0.6 is 0 Å². The lowest BCUT2D eigenvalue weighted by Crippen LogP contribution is -2.03. The van der Waals surface area contributed by atoms with Crippen LogP contribution in [0.25, 0.3) is 0 Å². The van der Waals surface area contributed by atoms with E-state index in [1.54, 1.807) is 0 Å². The Bertz CT molecular complexity index is 357. The van der Waals surface area contributed by atoms with Crippen LogP contribution < -0.4 is 0 Å². The third kappa shape index (κ3) is 31.0. The van der Waals surface area contributed by atoms with Gasteiger partial charge in [-0.3, -0.25) is 4.79 Å². The largest absolute Gasteiger partial charge is 0.481 e. The van der Waals surface area contributed by atoms with E-state index in [4.69, 9.17) is 15.3 Å². The van der Waals surface area contributed by atoms with E-state index in [1.807, 2.05) is 0 Å². The molecule has 0 rings (SSSR count). The van der Waals surface area contributed by atoms with Crippen LogP contribution in [0.3, 0.4) is 0 Å². The molecule has 0 amide bonds. The molecule has 0 fully saturated rings. The molecule has 0 aromatic rings. The van der Waals surface area contributed by atoms with E-state index in [0.717, 1.165) is 44.9 Å². The van der Waals surface area contributed by atoms with Crippen LogP contribution in [-0.4, -0.2) is 34.0 Å². The first-order chi connectivity index (χ1) is 12.0. The second-order valence-electron chi connectivity index (χ2n) is 6.03. The van der Waals surface area contributed by atoms with E-state index in [1.165, 1.54) is 19.8 Å². The van der Waals surface area contributed by atoms with Crippen molar-refractivity contribution in [2.24, 2.45) is 0 Å². The maximum Gasteiger partial charge on any atom is 0.303 e. The summed E-state index contributed by atoms with van der Waals surface area (Å²) in [6.07, 6.45) is 22.8. The minimum Gasteiger partial charge on any atom is -0.481 e. The number of carboxylic acid groups (broad SMARTS) is 1. The van der Waals surface area contributed by atoms with Gasteiger partial charge in [-0.2, -0.15) is 0 Å². The third-order valence-corrected chi connectivity index (χ3v) is 3.31. The lowest BCUT2D eigenvalue weighted by Gasteiger charge is -1.98. The molecule has 0 aromatic heterocycles. The number of aliphatic hydroxyl groups excluding tert-OH is 2. The second kappa shape index (κ2) is 22.6. The summed E-state index contributed by atoms with van der Waals surface area (Å²) in [5.74, 6) is -0.675. The molecule has 1 atom stereocenters. The summed E-state index contributed by atoms with van der Waals surface area (Å²) in [6, 6.07) is 0.